The van der Waals surface area contributed by atoms with Crippen molar-refractivity contribution < 1.29 is 37.7 Å². The molecule has 0 aliphatic carbocycles. The smallest absolute Gasteiger partial charge is 0.305 e. The number of hydrogen-bond acceptors (Lipinski definition) is 8. The Kier molecular flexibility index (Phi) is 11.7. The van der Waals surface area contributed by atoms with E-state index < -0.39 is 5.82 Å². The number of methoxy groups -OCH3 is 2. The summed E-state index contributed by atoms with van der Waals surface area (Å²) in [5, 5.41) is 3.12. The van der Waals surface area contributed by atoms with Crippen molar-refractivity contribution in [2.24, 2.45) is 0 Å². The summed E-state index contributed by atoms with van der Waals surface area (Å²) in [6.07, 6.45) is 2.33. The first-order chi connectivity index (χ1) is 18.9. The number of rotatable bonds is 14. The molecule has 39 heavy (non-hydrogen) atoms. The molecule has 2 aromatic rings. The third kappa shape index (κ3) is 9.02. The van der Waals surface area contributed by atoms with Gasteiger partial charge in [-0.05, 0) is 62.9 Å². The van der Waals surface area contributed by atoms with Gasteiger partial charge < -0.3 is 29.0 Å². The number of carbonyl (C=O) groups excluding carboxylic acids is 2. The van der Waals surface area contributed by atoms with E-state index in [9.17, 15) is 14.0 Å². The van der Waals surface area contributed by atoms with Crippen LogP contribution in [0.15, 0.2) is 30.3 Å². The van der Waals surface area contributed by atoms with Crippen LogP contribution in [0.1, 0.15) is 55.5 Å². The number of likely N-dealkylation sites (tertiary alicyclic amines) is 1. The third-order valence-electron chi connectivity index (χ3n) is 6.39. The Morgan fingerprint density at radius 1 is 0.949 bits per heavy atom. The lowest BCUT2D eigenvalue weighted by Crippen LogP contribution is -2.44. The van der Waals surface area contributed by atoms with Crippen LogP contribution in [0.2, 0.25) is 0 Å². The number of nitrogens with one attached hydrogen (secondary N) is 1. The second-order valence-electron chi connectivity index (χ2n) is 9.22. The fourth-order valence-corrected chi connectivity index (χ4v) is 4.41. The fraction of sp³-hybridized carbons (Fsp3) is 0.517. The molecule has 1 heterocycles. The number of carbonyl (C=O) groups is 2. The minimum absolute atomic E-state index is 0.0237. The number of benzene rings is 2. The predicted octanol–water partition coefficient (Wildman–Crippen LogP) is 4.36. The van der Waals surface area contributed by atoms with Gasteiger partial charge in [-0.3, -0.25) is 14.5 Å². The molecule has 10 heteroatoms. The first-order valence-electron chi connectivity index (χ1n) is 13.4. The maximum Gasteiger partial charge on any atom is 0.305 e. The molecule has 0 spiro atoms. The Bertz CT molecular complexity index is 1080. The van der Waals surface area contributed by atoms with E-state index in [1.165, 1.54) is 14.2 Å². The SMILES string of the molecule is CCOc1cc(CN2CCC(NC(=O)c3cc(OC)cc(OCCCC(=O)OC)c3)CC2)cc(OCC)c1F. The van der Waals surface area contributed by atoms with Gasteiger partial charge >= 0.3 is 5.97 Å². The summed E-state index contributed by atoms with van der Waals surface area (Å²) in [6, 6.07) is 8.53. The van der Waals surface area contributed by atoms with Gasteiger partial charge in [0.1, 0.15) is 11.5 Å². The highest BCUT2D eigenvalue weighted by Crippen LogP contribution is 2.30. The Hall–Kier alpha value is -3.53. The van der Waals surface area contributed by atoms with Crippen LogP contribution in [0, 0.1) is 5.82 Å². The van der Waals surface area contributed by atoms with E-state index in [1.807, 2.05) is 13.8 Å². The average molecular weight is 547 g/mol. The van der Waals surface area contributed by atoms with Gasteiger partial charge in [0, 0.05) is 43.7 Å². The lowest BCUT2D eigenvalue weighted by molar-refractivity contribution is -0.140. The fourth-order valence-electron chi connectivity index (χ4n) is 4.41. The molecule has 1 N–H and O–H groups in total. The number of esters is 1. The predicted molar refractivity (Wildman–Crippen MR) is 144 cm³/mol. The lowest BCUT2D eigenvalue weighted by Gasteiger charge is -2.32. The topological polar surface area (TPSA) is 95.6 Å². The van der Waals surface area contributed by atoms with Crippen molar-refractivity contribution in [3.63, 3.8) is 0 Å². The summed E-state index contributed by atoms with van der Waals surface area (Å²) in [4.78, 5) is 26.6. The highest BCUT2D eigenvalue weighted by molar-refractivity contribution is 5.95. The van der Waals surface area contributed by atoms with E-state index >= 15 is 0 Å². The molecule has 3 rings (SSSR count). The molecule has 0 atom stereocenters. The summed E-state index contributed by atoms with van der Waals surface area (Å²) in [6.45, 7) is 6.88. The van der Waals surface area contributed by atoms with Crippen LogP contribution in [-0.2, 0) is 16.1 Å². The molecule has 0 bridgehead atoms. The first kappa shape index (κ1) is 30.0. The van der Waals surface area contributed by atoms with Gasteiger partial charge in [-0.15, -0.1) is 0 Å². The van der Waals surface area contributed by atoms with Crippen molar-refractivity contribution in [2.45, 2.75) is 52.1 Å². The molecule has 0 aromatic heterocycles. The zero-order valence-electron chi connectivity index (χ0n) is 23.2. The molecule has 1 aliphatic rings. The van der Waals surface area contributed by atoms with Gasteiger partial charge in [-0.25, -0.2) is 0 Å². The van der Waals surface area contributed by atoms with Crippen LogP contribution < -0.4 is 24.3 Å². The zero-order valence-corrected chi connectivity index (χ0v) is 23.2. The Balaban J connectivity index is 1.55. The highest BCUT2D eigenvalue weighted by Gasteiger charge is 2.23. The van der Waals surface area contributed by atoms with Crippen LogP contribution in [0.5, 0.6) is 23.0 Å². The van der Waals surface area contributed by atoms with E-state index in [-0.39, 0.29) is 35.8 Å². The molecule has 214 valence electrons. The van der Waals surface area contributed by atoms with Gasteiger partial charge in [0.05, 0.1) is 34.0 Å². The van der Waals surface area contributed by atoms with Crippen LogP contribution in [0.3, 0.4) is 0 Å². The molecule has 0 unspecified atom stereocenters. The second-order valence-corrected chi connectivity index (χ2v) is 9.22. The molecule has 1 amide bonds. The van der Waals surface area contributed by atoms with Crippen LogP contribution in [0.25, 0.3) is 0 Å². The number of hydrogen-bond donors (Lipinski definition) is 1. The van der Waals surface area contributed by atoms with Crippen molar-refractivity contribution in [1.29, 1.82) is 0 Å². The Morgan fingerprint density at radius 3 is 2.18 bits per heavy atom. The molecule has 1 aliphatic heterocycles. The number of ether oxygens (including phenoxy) is 5. The molecular weight excluding hydrogens is 507 g/mol. The van der Waals surface area contributed by atoms with E-state index in [4.69, 9.17) is 18.9 Å². The molecule has 0 radical (unpaired) electrons. The summed E-state index contributed by atoms with van der Waals surface area (Å²) < 4.78 is 41.2. The van der Waals surface area contributed by atoms with Crippen molar-refractivity contribution in [3.05, 3.63) is 47.3 Å². The lowest BCUT2D eigenvalue weighted by atomic mass is 10.0. The van der Waals surface area contributed by atoms with Gasteiger partial charge in [-0.2, -0.15) is 4.39 Å². The Morgan fingerprint density at radius 2 is 1.59 bits per heavy atom. The summed E-state index contributed by atoms with van der Waals surface area (Å²) >= 11 is 0. The molecule has 2 aromatic carbocycles. The van der Waals surface area contributed by atoms with Crippen LogP contribution in [0.4, 0.5) is 4.39 Å². The molecule has 1 fully saturated rings. The van der Waals surface area contributed by atoms with E-state index in [2.05, 4.69) is 15.0 Å². The van der Waals surface area contributed by atoms with Crippen molar-refractivity contribution in [3.8, 4) is 23.0 Å². The summed E-state index contributed by atoms with van der Waals surface area (Å²) in [7, 11) is 2.88. The Labute approximate surface area is 229 Å². The van der Waals surface area contributed by atoms with Crippen LogP contribution in [-0.4, -0.2) is 69.9 Å². The standard InChI is InChI=1S/C29H39FN2O7/c1-5-37-25-14-20(15-26(28(25)30)38-6-2)19-32-11-9-22(10-12-32)31-29(34)21-16-23(35-3)18-24(17-21)39-13-7-8-27(33)36-4/h14-18,22H,5-13,19H2,1-4H3,(H,31,34). The minimum atomic E-state index is -0.476. The zero-order chi connectivity index (χ0) is 28.2. The van der Waals surface area contributed by atoms with E-state index in [0.29, 0.717) is 49.8 Å². The summed E-state index contributed by atoms with van der Waals surface area (Å²) in [5.41, 5.74) is 1.36. The number of piperidine rings is 1. The second kappa shape index (κ2) is 15.2. The number of amides is 1. The van der Waals surface area contributed by atoms with E-state index in [1.54, 1.807) is 30.3 Å². The molecule has 1 saturated heterocycles. The van der Waals surface area contributed by atoms with Gasteiger partial charge in [0.2, 0.25) is 5.82 Å². The van der Waals surface area contributed by atoms with Gasteiger partial charge in [0.25, 0.3) is 5.91 Å². The van der Waals surface area contributed by atoms with Crippen molar-refractivity contribution >= 4 is 11.9 Å². The number of halogens is 1. The molecule has 9 nitrogen and oxygen atoms in total. The van der Waals surface area contributed by atoms with Gasteiger partial charge in [-0.1, -0.05) is 0 Å². The largest absolute Gasteiger partial charge is 0.497 e. The maximum absolute atomic E-state index is 14.6. The first-order valence-corrected chi connectivity index (χ1v) is 13.4. The monoisotopic (exact) mass is 546 g/mol. The number of nitrogens with zero attached hydrogens (tertiary/aromatic N) is 1. The van der Waals surface area contributed by atoms with Gasteiger partial charge in [0.15, 0.2) is 11.5 Å². The molecule has 0 saturated carbocycles. The third-order valence-corrected chi connectivity index (χ3v) is 6.39. The van der Waals surface area contributed by atoms with E-state index in [0.717, 1.165) is 31.5 Å². The average Bonchev–Trinajstić information content (AvgIpc) is 2.94. The minimum Gasteiger partial charge on any atom is -0.497 e. The normalized spacial score (nSPS) is 14.0. The van der Waals surface area contributed by atoms with Crippen molar-refractivity contribution in [1.82, 2.24) is 10.2 Å². The summed E-state index contributed by atoms with van der Waals surface area (Å²) in [5.74, 6) is 0.438. The quantitative estimate of drug-likeness (QED) is 0.276. The van der Waals surface area contributed by atoms with Crippen molar-refractivity contribution in [2.75, 3.05) is 47.1 Å². The highest BCUT2D eigenvalue weighted by atomic mass is 19.1. The maximum atomic E-state index is 14.6. The molecular formula is C29H39FN2O7. The van der Waals surface area contributed by atoms with Crippen LogP contribution >= 0.6 is 0 Å².